The summed E-state index contributed by atoms with van der Waals surface area (Å²) < 4.78 is 5.15. The summed E-state index contributed by atoms with van der Waals surface area (Å²) in [6, 6.07) is 6.50. The average molecular weight is 399 g/mol. The van der Waals surface area contributed by atoms with Crippen LogP contribution in [0.2, 0.25) is 0 Å². The van der Waals surface area contributed by atoms with E-state index in [1.165, 1.54) is 25.7 Å². The molecule has 2 N–H and O–H groups in total. The van der Waals surface area contributed by atoms with E-state index in [9.17, 15) is 14.4 Å². The van der Waals surface area contributed by atoms with Gasteiger partial charge in [-0.1, -0.05) is 18.6 Å². The number of nitrogens with zero attached hydrogens (tertiary/aromatic N) is 1. The molecule has 0 radical (unpaired) electrons. The molecule has 4 amide bonds. The molecule has 2 bridgehead atoms. The maximum Gasteiger partial charge on any atom is 0.325 e. The Morgan fingerprint density at radius 2 is 2.00 bits per heavy atom. The normalized spacial score (nSPS) is 31.7. The van der Waals surface area contributed by atoms with Crippen molar-refractivity contribution in [3.63, 3.8) is 0 Å². The van der Waals surface area contributed by atoms with Gasteiger partial charge in [0.05, 0.1) is 7.11 Å². The Hall–Kier alpha value is -2.57. The van der Waals surface area contributed by atoms with E-state index in [4.69, 9.17) is 4.74 Å². The molecule has 0 spiro atoms. The molecule has 7 nitrogen and oxygen atoms in total. The van der Waals surface area contributed by atoms with Crippen LogP contribution in [-0.4, -0.2) is 42.4 Å². The van der Waals surface area contributed by atoms with E-state index in [1.54, 1.807) is 38.3 Å². The summed E-state index contributed by atoms with van der Waals surface area (Å²) in [6.07, 6.45) is 5.01. The number of amides is 4. The monoisotopic (exact) mass is 399 g/mol. The number of ether oxygens (including phenoxy) is 1. The smallest absolute Gasteiger partial charge is 0.325 e. The Morgan fingerprint density at radius 3 is 2.59 bits per heavy atom. The van der Waals surface area contributed by atoms with Crippen molar-refractivity contribution in [2.24, 2.45) is 17.8 Å². The van der Waals surface area contributed by atoms with Crippen molar-refractivity contribution in [1.82, 2.24) is 15.5 Å². The van der Waals surface area contributed by atoms with Gasteiger partial charge in [-0.15, -0.1) is 0 Å². The molecule has 2 aliphatic carbocycles. The largest absolute Gasteiger partial charge is 0.497 e. The molecule has 29 heavy (non-hydrogen) atoms. The van der Waals surface area contributed by atoms with Gasteiger partial charge in [0.1, 0.15) is 17.8 Å². The van der Waals surface area contributed by atoms with Gasteiger partial charge in [-0.05, 0) is 68.6 Å². The predicted molar refractivity (Wildman–Crippen MR) is 107 cm³/mol. The molecule has 7 heteroatoms. The Bertz CT molecular complexity index is 824. The van der Waals surface area contributed by atoms with Crippen LogP contribution < -0.4 is 15.4 Å². The predicted octanol–water partition coefficient (Wildman–Crippen LogP) is 2.40. The summed E-state index contributed by atoms with van der Waals surface area (Å²) in [5.41, 5.74) is -0.547. The molecule has 5 unspecified atom stereocenters. The molecule has 1 aromatic rings. The van der Waals surface area contributed by atoms with E-state index in [-0.39, 0.29) is 18.5 Å². The third-order valence-electron chi connectivity index (χ3n) is 7.07. The number of carbonyl (C=O) groups is 3. The van der Waals surface area contributed by atoms with Crippen molar-refractivity contribution >= 4 is 17.8 Å². The molecule has 1 saturated heterocycles. The highest BCUT2D eigenvalue weighted by Crippen LogP contribution is 2.49. The van der Waals surface area contributed by atoms with Crippen LogP contribution in [0.1, 0.15) is 45.1 Å². The lowest BCUT2D eigenvalue weighted by Gasteiger charge is -2.29. The van der Waals surface area contributed by atoms with Crippen molar-refractivity contribution in [3.8, 4) is 5.75 Å². The van der Waals surface area contributed by atoms with Gasteiger partial charge in [-0.2, -0.15) is 0 Å². The van der Waals surface area contributed by atoms with E-state index >= 15 is 0 Å². The molecule has 156 valence electrons. The molecular formula is C22H29N3O4. The SMILES string of the molecule is COc1ccc(C2(C)NC(=O)N(CC(=O)NC(C)C3CC4CCC3C4)C2=O)cc1. The number of fused-ring (bicyclic) bond motifs is 2. The number of urea groups is 1. The van der Waals surface area contributed by atoms with Crippen LogP contribution in [0.5, 0.6) is 5.75 Å². The minimum absolute atomic E-state index is 0.0616. The fraction of sp³-hybridized carbons (Fsp3) is 0.591. The molecule has 3 aliphatic rings. The molecular weight excluding hydrogens is 370 g/mol. The first-order valence-electron chi connectivity index (χ1n) is 10.4. The van der Waals surface area contributed by atoms with E-state index < -0.39 is 17.5 Å². The van der Waals surface area contributed by atoms with Crippen LogP contribution >= 0.6 is 0 Å². The fourth-order valence-corrected chi connectivity index (χ4v) is 5.42. The molecule has 3 fully saturated rings. The van der Waals surface area contributed by atoms with Crippen molar-refractivity contribution < 1.29 is 19.1 Å². The topological polar surface area (TPSA) is 87.7 Å². The second-order valence-corrected chi connectivity index (χ2v) is 8.87. The zero-order valence-corrected chi connectivity index (χ0v) is 17.2. The third kappa shape index (κ3) is 3.47. The number of methoxy groups -OCH3 is 1. The Morgan fingerprint density at radius 1 is 1.28 bits per heavy atom. The maximum atomic E-state index is 13.0. The second kappa shape index (κ2) is 7.35. The molecule has 4 rings (SSSR count). The highest BCUT2D eigenvalue weighted by atomic mass is 16.5. The molecule has 1 heterocycles. The summed E-state index contributed by atoms with van der Waals surface area (Å²) in [5.74, 6) is 1.97. The van der Waals surface area contributed by atoms with Crippen molar-refractivity contribution in [1.29, 1.82) is 0 Å². The Kier molecular flexibility index (Phi) is 5.00. The summed E-state index contributed by atoms with van der Waals surface area (Å²) in [4.78, 5) is 39.1. The first-order chi connectivity index (χ1) is 13.8. The van der Waals surface area contributed by atoms with Gasteiger partial charge >= 0.3 is 6.03 Å². The standard InChI is InChI=1S/C22H29N3O4/c1-13(18-11-14-4-5-15(18)10-14)23-19(26)12-25-20(27)22(2,24-21(25)28)16-6-8-17(29-3)9-7-16/h6-9,13-15,18H,4-5,10-12H2,1-3H3,(H,23,26)(H,24,28). The van der Waals surface area contributed by atoms with Gasteiger partial charge in [-0.3, -0.25) is 14.5 Å². The molecule has 5 atom stereocenters. The van der Waals surface area contributed by atoms with Crippen LogP contribution in [0.25, 0.3) is 0 Å². The van der Waals surface area contributed by atoms with Gasteiger partial charge in [0, 0.05) is 6.04 Å². The number of carbonyl (C=O) groups excluding carboxylic acids is 3. The molecule has 1 aliphatic heterocycles. The van der Waals surface area contributed by atoms with Crippen molar-refractivity contribution in [3.05, 3.63) is 29.8 Å². The van der Waals surface area contributed by atoms with E-state index in [1.807, 2.05) is 6.92 Å². The van der Waals surface area contributed by atoms with Gasteiger partial charge in [0.2, 0.25) is 5.91 Å². The Balaban J connectivity index is 1.40. The number of nitrogens with one attached hydrogen (secondary N) is 2. The summed E-state index contributed by atoms with van der Waals surface area (Å²) in [7, 11) is 1.57. The Labute approximate surface area is 171 Å². The minimum atomic E-state index is -1.19. The van der Waals surface area contributed by atoms with Crippen LogP contribution in [0.3, 0.4) is 0 Å². The molecule has 0 aromatic heterocycles. The zero-order chi connectivity index (χ0) is 20.8. The van der Waals surface area contributed by atoms with Crippen LogP contribution in [0, 0.1) is 17.8 Å². The minimum Gasteiger partial charge on any atom is -0.497 e. The van der Waals surface area contributed by atoms with E-state index in [0.717, 1.165) is 10.8 Å². The van der Waals surface area contributed by atoms with Crippen LogP contribution in [0.15, 0.2) is 24.3 Å². The van der Waals surface area contributed by atoms with Gasteiger partial charge in [0.15, 0.2) is 0 Å². The highest BCUT2D eigenvalue weighted by molar-refractivity contribution is 6.09. The van der Waals surface area contributed by atoms with Crippen LogP contribution in [-0.2, 0) is 15.1 Å². The number of hydrogen-bond acceptors (Lipinski definition) is 4. The maximum absolute atomic E-state index is 13.0. The highest BCUT2D eigenvalue weighted by Gasteiger charge is 2.49. The summed E-state index contributed by atoms with van der Waals surface area (Å²) in [5, 5.41) is 5.76. The lowest BCUT2D eigenvalue weighted by Crippen LogP contribution is -2.47. The quantitative estimate of drug-likeness (QED) is 0.719. The second-order valence-electron chi connectivity index (χ2n) is 8.87. The number of rotatable bonds is 6. The fourth-order valence-electron chi connectivity index (χ4n) is 5.42. The van der Waals surface area contributed by atoms with Gasteiger partial charge in [-0.25, -0.2) is 4.79 Å². The van der Waals surface area contributed by atoms with Gasteiger partial charge in [0.25, 0.3) is 5.91 Å². The number of imide groups is 1. The molecule has 1 aromatic carbocycles. The summed E-state index contributed by atoms with van der Waals surface area (Å²) in [6.45, 7) is 3.43. The zero-order valence-electron chi connectivity index (χ0n) is 17.2. The third-order valence-corrected chi connectivity index (χ3v) is 7.07. The first kappa shape index (κ1) is 19.7. The van der Waals surface area contributed by atoms with Crippen molar-refractivity contribution in [2.45, 2.75) is 51.1 Å². The molecule has 2 saturated carbocycles. The van der Waals surface area contributed by atoms with E-state index in [0.29, 0.717) is 23.1 Å². The van der Waals surface area contributed by atoms with E-state index in [2.05, 4.69) is 10.6 Å². The van der Waals surface area contributed by atoms with Gasteiger partial charge < -0.3 is 15.4 Å². The average Bonchev–Trinajstić information content (AvgIpc) is 3.39. The lowest BCUT2D eigenvalue weighted by molar-refractivity contribution is -0.135. The number of benzene rings is 1. The number of hydrogen-bond donors (Lipinski definition) is 2. The van der Waals surface area contributed by atoms with Crippen LogP contribution in [0.4, 0.5) is 4.79 Å². The lowest BCUT2D eigenvalue weighted by atomic mass is 9.84. The summed E-state index contributed by atoms with van der Waals surface area (Å²) >= 11 is 0. The first-order valence-corrected chi connectivity index (χ1v) is 10.4. The van der Waals surface area contributed by atoms with Crippen molar-refractivity contribution in [2.75, 3.05) is 13.7 Å².